The van der Waals surface area contributed by atoms with Crippen LogP contribution >= 0.6 is 0 Å². The molecule has 1 saturated heterocycles. The summed E-state index contributed by atoms with van der Waals surface area (Å²) >= 11 is 0. The van der Waals surface area contributed by atoms with Gasteiger partial charge in [0.25, 0.3) is 0 Å². The highest BCUT2D eigenvalue weighted by molar-refractivity contribution is 5.80. The van der Waals surface area contributed by atoms with Crippen LogP contribution in [0.25, 0.3) is 0 Å². The van der Waals surface area contributed by atoms with E-state index in [1.54, 1.807) is 0 Å². The van der Waals surface area contributed by atoms with E-state index in [-0.39, 0.29) is 0 Å². The topological polar surface area (TPSA) is 39.7 Å². The lowest BCUT2D eigenvalue weighted by atomic mass is 9.97. The number of piperidine rings is 1. The van der Waals surface area contributed by atoms with Crippen LogP contribution in [-0.2, 0) is 6.54 Å². The summed E-state index contributed by atoms with van der Waals surface area (Å²) in [7, 11) is 0. The van der Waals surface area contributed by atoms with Crippen molar-refractivity contribution >= 4 is 5.96 Å². The molecule has 0 aliphatic carbocycles. The van der Waals surface area contributed by atoms with Crippen molar-refractivity contribution in [1.82, 2.24) is 15.5 Å². The van der Waals surface area contributed by atoms with Gasteiger partial charge in [-0.25, -0.2) is 0 Å². The second-order valence-corrected chi connectivity index (χ2v) is 6.02. The fourth-order valence-corrected chi connectivity index (χ4v) is 3.08. The van der Waals surface area contributed by atoms with Gasteiger partial charge in [0.15, 0.2) is 5.96 Å². The van der Waals surface area contributed by atoms with E-state index in [2.05, 4.69) is 71.6 Å². The molecule has 0 radical (unpaired) electrons. The molecule has 1 fully saturated rings. The van der Waals surface area contributed by atoms with E-state index in [0.717, 1.165) is 32.1 Å². The maximum Gasteiger partial charge on any atom is 0.191 e. The summed E-state index contributed by atoms with van der Waals surface area (Å²) in [5.74, 6) is 0.957. The number of hydrogen-bond acceptors (Lipinski definition) is 2. The summed E-state index contributed by atoms with van der Waals surface area (Å²) in [6.07, 6.45) is 2.34. The van der Waals surface area contributed by atoms with E-state index >= 15 is 0 Å². The van der Waals surface area contributed by atoms with Crippen LogP contribution in [0.15, 0.2) is 35.3 Å². The Balaban J connectivity index is 1.85. The van der Waals surface area contributed by atoms with Crippen molar-refractivity contribution in [1.29, 1.82) is 0 Å². The molecule has 22 heavy (non-hydrogen) atoms. The molecular weight excluding hydrogens is 272 g/mol. The maximum absolute atomic E-state index is 4.50. The first-order valence-electron chi connectivity index (χ1n) is 8.55. The zero-order valence-corrected chi connectivity index (χ0v) is 14.2. The number of nitrogens with zero attached hydrogens (tertiary/aromatic N) is 2. The van der Waals surface area contributed by atoms with E-state index < -0.39 is 0 Å². The second kappa shape index (κ2) is 8.79. The molecule has 1 aliphatic rings. The predicted octanol–water partition coefficient (Wildman–Crippen LogP) is 2.61. The van der Waals surface area contributed by atoms with Crippen molar-refractivity contribution in [2.75, 3.05) is 19.6 Å². The zero-order valence-electron chi connectivity index (χ0n) is 14.2. The molecule has 1 heterocycles. The van der Waals surface area contributed by atoms with Crippen molar-refractivity contribution in [2.24, 2.45) is 4.99 Å². The Bertz CT molecular complexity index is 457. The second-order valence-electron chi connectivity index (χ2n) is 6.02. The first kappa shape index (κ1) is 16.8. The van der Waals surface area contributed by atoms with Crippen LogP contribution in [0.1, 0.15) is 39.2 Å². The molecule has 2 N–H and O–H groups in total. The Hall–Kier alpha value is -1.55. The van der Waals surface area contributed by atoms with Crippen LogP contribution in [0.4, 0.5) is 0 Å². The number of rotatable bonds is 5. The van der Waals surface area contributed by atoms with Gasteiger partial charge < -0.3 is 10.6 Å². The highest BCUT2D eigenvalue weighted by Gasteiger charge is 2.25. The molecule has 2 atom stereocenters. The summed E-state index contributed by atoms with van der Waals surface area (Å²) in [6, 6.07) is 11.9. The quantitative estimate of drug-likeness (QED) is 0.649. The molecule has 0 spiro atoms. The summed E-state index contributed by atoms with van der Waals surface area (Å²) in [5.41, 5.74) is 1.40. The molecule has 0 bridgehead atoms. The minimum absolute atomic E-state index is 0.520. The van der Waals surface area contributed by atoms with E-state index in [4.69, 9.17) is 0 Å². The van der Waals surface area contributed by atoms with Crippen LogP contribution in [0.3, 0.4) is 0 Å². The fourth-order valence-electron chi connectivity index (χ4n) is 3.08. The Labute approximate surface area is 135 Å². The number of guanidine groups is 1. The van der Waals surface area contributed by atoms with Crippen LogP contribution < -0.4 is 10.6 Å². The largest absolute Gasteiger partial charge is 0.357 e. The molecule has 1 aliphatic heterocycles. The average Bonchev–Trinajstić information content (AvgIpc) is 2.52. The van der Waals surface area contributed by atoms with Gasteiger partial charge in [-0.1, -0.05) is 30.3 Å². The Kier molecular flexibility index (Phi) is 6.72. The number of nitrogens with one attached hydrogen (secondary N) is 2. The lowest BCUT2D eigenvalue weighted by molar-refractivity contribution is 0.134. The number of hydrogen-bond donors (Lipinski definition) is 2. The Morgan fingerprint density at radius 1 is 1.27 bits per heavy atom. The first-order chi connectivity index (χ1) is 10.7. The molecule has 1 aromatic rings. The maximum atomic E-state index is 4.50. The molecule has 0 saturated carbocycles. The Morgan fingerprint density at radius 3 is 2.68 bits per heavy atom. The normalized spacial score (nSPS) is 23.3. The van der Waals surface area contributed by atoms with Gasteiger partial charge in [0.05, 0.1) is 0 Å². The van der Waals surface area contributed by atoms with E-state index in [1.165, 1.54) is 18.4 Å². The molecule has 2 rings (SSSR count). The highest BCUT2D eigenvalue weighted by Crippen LogP contribution is 2.19. The lowest BCUT2D eigenvalue weighted by Crippen LogP contribution is -2.51. The third kappa shape index (κ3) is 5.02. The zero-order chi connectivity index (χ0) is 15.8. The first-order valence-corrected chi connectivity index (χ1v) is 8.55. The van der Waals surface area contributed by atoms with Crippen molar-refractivity contribution < 1.29 is 0 Å². The summed E-state index contributed by atoms with van der Waals surface area (Å²) < 4.78 is 0. The van der Waals surface area contributed by atoms with Gasteiger partial charge in [-0.15, -0.1) is 0 Å². The fraction of sp³-hybridized carbons (Fsp3) is 0.611. The van der Waals surface area contributed by atoms with Crippen molar-refractivity contribution in [3.05, 3.63) is 35.9 Å². The minimum Gasteiger partial charge on any atom is -0.357 e. The molecule has 0 amide bonds. The van der Waals surface area contributed by atoms with E-state index in [0.29, 0.717) is 12.1 Å². The van der Waals surface area contributed by atoms with Gasteiger partial charge in [-0.3, -0.25) is 9.89 Å². The average molecular weight is 302 g/mol. The van der Waals surface area contributed by atoms with Crippen LogP contribution in [0, 0.1) is 0 Å². The standard InChI is InChI=1S/C18H30N4/c1-4-19-18(20-5-2)21-17-11-12-22(15(3)13-17)14-16-9-7-6-8-10-16/h6-10,15,17H,4-5,11-14H2,1-3H3,(H2,19,20,21). The minimum atomic E-state index is 0.520. The monoisotopic (exact) mass is 302 g/mol. The van der Waals surface area contributed by atoms with Crippen LogP contribution in [0.2, 0.25) is 0 Å². The summed E-state index contributed by atoms with van der Waals surface area (Å²) in [4.78, 5) is 7.08. The van der Waals surface area contributed by atoms with Crippen molar-refractivity contribution in [3.63, 3.8) is 0 Å². The number of benzene rings is 1. The predicted molar refractivity (Wildman–Crippen MR) is 94.1 cm³/mol. The van der Waals surface area contributed by atoms with Gasteiger partial charge in [0, 0.05) is 38.3 Å². The van der Waals surface area contributed by atoms with Gasteiger partial charge in [-0.2, -0.15) is 0 Å². The third-order valence-electron chi connectivity index (χ3n) is 4.24. The molecule has 0 aromatic heterocycles. The molecule has 4 nitrogen and oxygen atoms in total. The lowest BCUT2D eigenvalue weighted by Gasteiger charge is -2.38. The number of aliphatic imine (C=N–C) groups is 1. The Morgan fingerprint density at radius 2 is 2.05 bits per heavy atom. The third-order valence-corrected chi connectivity index (χ3v) is 4.24. The van der Waals surface area contributed by atoms with Crippen LogP contribution in [0.5, 0.6) is 0 Å². The smallest absolute Gasteiger partial charge is 0.191 e. The molecule has 4 heteroatoms. The highest BCUT2D eigenvalue weighted by atomic mass is 15.2. The number of likely N-dealkylation sites (tertiary alicyclic amines) is 1. The van der Waals surface area contributed by atoms with Crippen LogP contribution in [-0.4, -0.2) is 42.6 Å². The van der Waals surface area contributed by atoms with Gasteiger partial charge in [0.1, 0.15) is 0 Å². The van der Waals surface area contributed by atoms with Crippen molar-refractivity contribution in [3.8, 4) is 0 Å². The van der Waals surface area contributed by atoms with Gasteiger partial charge in [0.2, 0.25) is 0 Å². The molecule has 2 unspecified atom stereocenters. The van der Waals surface area contributed by atoms with Gasteiger partial charge in [-0.05, 0) is 39.2 Å². The molecule has 122 valence electrons. The van der Waals surface area contributed by atoms with Gasteiger partial charge >= 0.3 is 0 Å². The molecular formula is C18H30N4. The van der Waals surface area contributed by atoms with Crippen molar-refractivity contribution in [2.45, 2.75) is 52.2 Å². The SMILES string of the molecule is CCN=C(NCC)NC1CCN(Cc2ccccc2)C(C)C1. The van der Waals surface area contributed by atoms with E-state index in [1.807, 2.05) is 0 Å². The molecule has 1 aromatic carbocycles. The summed E-state index contributed by atoms with van der Waals surface area (Å²) in [5, 5.41) is 6.91. The summed E-state index contributed by atoms with van der Waals surface area (Å²) in [6.45, 7) is 10.4. The van der Waals surface area contributed by atoms with E-state index in [9.17, 15) is 0 Å².